The molecule has 2 rings (SSSR count). The second-order valence-corrected chi connectivity index (χ2v) is 5.26. The van der Waals surface area contributed by atoms with Crippen LogP contribution in [0.2, 0.25) is 0 Å². The smallest absolute Gasteiger partial charge is 0.286 e. The number of rotatable bonds is 9. The summed E-state index contributed by atoms with van der Waals surface area (Å²) in [5.41, 5.74) is 1.08. The summed E-state index contributed by atoms with van der Waals surface area (Å²) in [6.45, 7) is 6.78. The van der Waals surface area contributed by atoms with E-state index in [1.165, 1.54) is 0 Å². The Balaban J connectivity index is 1.92. The molecular weight excluding hydrogens is 290 g/mol. The van der Waals surface area contributed by atoms with Crippen LogP contribution in [-0.4, -0.2) is 12.5 Å². The van der Waals surface area contributed by atoms with Crippen LogP contribution < -0.4 is 10.1 Å². The van der Waals surface area contributed by atoms with Crippen LogP contribution in [0.4, 0.5) is 0 Å². The first-order valence-corrected chi connectivity index (χ1v) is 7.93. The van der Waals surface area contributed by atoms with Gasteiger partial charge in [0, 0.05) is 6.54 Å². The highest BCUT2D eigenvalue weighted by atomic mass is 16.5. The van der Waals surface area contributed by atoms with Crippen molar-refractivity contribution in [3.05, 3.63) is 66.1 Å². The molecule has 1 aromatic heterocycles. The van der Waals surface area contributed by atoms with Gasteiger partial charge in [-0.05, 0) is 36.6 Å². The Hall–Kier alpha value is -2.49. The van der Waals surface area contributed by atoms with Gasteiger partial charge in [0.2, 0.25) is 0 Å². The van der Waals surface area contributed by atoms with E-state index in [1.807, 2.05) is 30.3 Å². The largest absolute Gasteiger partial charge is 0.485 e. The minimum Gasteiger partial charge on any atom is -0.485 e. The van der Waals surface area contributed by atoms with Crippen LogP contribution >= 0.6 is 0 Å². The summed E-state index contributed by atoms with van der Waals surface area (Å²) in [6, 6.07) is 11.3. The minimum atomic E-state index is -0.184. The zero-order valence-corrected chi connectivity index (χ0v) is 13.5. The molecule has 0 aliphatic rings. The van der Waals surface area contributed by atoms with E-state index in [1.54, 1.807) is 12.1 Å². The molecule has 0 aliphatic heterocycles. The number of hydrogen-bond donors (Lipinski definition) is 1. The molecule has 0 saturated heterocycles. The zero-order valence-electron chi connectivity index (χ0n) is 13.5. The van der Waals surface area contributed by atoms with Crippen molar-refractivity contribution >= 4 is 5.91 Å². The fourth-order valence-electron chi connectivity index (χ4n) is 2.16. The highest BCUT2D eigenvalue weighted by Crippen LogP contribution is 2.20. The average Bonchev–Trinajstić information content (AvgIpc) is 3.03. The van der Waals surface area contributed by atoms with Crippen LogP contribution in [0.3, 0.4) is 0 Å². The van der Waals surface area contributed by atoms with E-state index >= 15 is 0 Å². The molecule has 4 nitrogen and oxygen atoms in total. The van der Waals surface area contributed by atoms with E-state index in [0.717, 1.165) is 30.6 Å². The third kappa shape index (κ3) is 5.02. The molecule has 0 radical (unpaired) electrons. The molecule has 0 spiro atoms. The number of furan rings is 1. The number of carbonyl (C=O) groups excluding carboxylic acids is 1. The lowest BCUT2D eigenvalue weighted by atomic mass is 10.1. The number of carbonyl (C=O) groups is 1. The summed E-state index contributed by atoms with van der Waals surface area (Å²) in [4.78, 5) is 11.9. The molecule has 0 saturated carbocycles. The number of hydrogen-bond acceptors (Lipinski definition) is 3. The van der Waals surface area contributed by atoms with Gasteiger partial charge in [-0.3, -0.25) is 4.79 Å². The Morgan fingerprint density at radius 2 is 2.13 bits per heavy atom. The molecule has 0 unspecified atom stereocenters. The Kier molecular flexibility index (Phi) is 6.48. The molecule has 1 amide bonds. The molecule has 0 aliphatic carbocycles. The van der Waals surface area contributed by atoms with E-state index in [4.69, 9.17) is 9.15 Å². The van der Waals surface area contributed by atoms with E-state index in [-0.39, 0.29) is 12.5 Å². The number of benzene rings is 1. The van der Waals surface area contributed by atoms with Gasteiger partial charge in [0.25, 0.3) is 5.91 Å². The van der Waals surface area contributed by atoms with Crippen molar-refractivity contribution in [2.75, 3.05) is 6.54 Å². The Morgan fingerprint density at radius 1 is 1.30 bits per heavy atom. The summed E-state index contributed by atoms with van der Waals surface area (Å²) in [7, 11) is 0. The van der Waals surface area contributed by atoms with E-state index in [0.29, 0.717) is 18.1 Å². The van der Waals surface area contributed by atoms with Gasteiger partial charge < -0.3 is 14.5 Å². The second kappa shape index (κ2) is 8.83. The van der Waals surface area contributed by atoms with Gasteiger partial charge in [-0.2, -0.15) is 0 Å². The molecule has 1 N–H and O–H groups in total. The number of amides is 1. The normalized spacial score (nSPS) is 10.3. The topological polar surface area (TPSA) is 51.5 Å². The van der Waals surface area contributed by atoms with Gasteiger partial charge in [-0.1, -0.05) is 37.6 Å². The lowest BCUT2D eigenvalue weighted by Crippen LogP contribution is -2.23. The molecule has 1 aromatic carbocycles. The molecule has 4 heteroatoms. The van der Waals surface area contributed by atoms with Crippen LogP contribution in [0.25, 0.3) is 0 Å². The maximum absolute atomic E-state index is 11.9. The third-order valence-electron chi connectivity index (χ3n) is 3.41. The number of allylic oxidation sites excluding steroid dienone is 1. The van der Waals surface area contributed by atoms with Gasteiger partial charge in [0.15, 0.2) is 5.76 Å². The highest BCUT2D eigenvalue weighted by Gasteiger charge is 2.11. The number of unbranched alkanes of at least 4 members (excludes halogenated alkanes) is 1. The van der Waals surface area contributed by atoms with Gasteiger partial charge in [-0.25, -0.2) is 0 Å². The molecule has 1 heterocycles. The van der Waals surface area contributed by atoms with Crippen LogP contribution in [0.15, 0.2) is 53.5 Å². The summed E-state index contributed by atoms with van der Waals surface area (Å²) < 4.78 is 11.3. The van der Waals surface area contributed by atoms with Crippen LogP contribution in [0.5, 0.6) is 5.75 Å². The summed E-state index contributed by atoms with van der Waals surface area (Å²) in [5.74, 6) is 1.56. The minimum absolute atomic E-state index is 0.184. The first-order valence-electron chi connectivity index (χ1n) is 7.93. The Bertz CT molecular complexity index is 646. The van der Waals surface area contributed by atoms with Crippen molar-refractivity contribution in [1.82, 2.24) is 5.32 Å². The predicted molar refractivity (Wildman–Crippen MR) is 90.6 cm³/mol. The van der Waals surface area contributed by atoms with Gasteiger partial charge in [0.1, 0.15) is 18.1 Å². The molecular formula is C19H23NO3. The van der Waals surface area contributed by atoms with Gasteiger partial charge in [0.05, 0.1) is 0 Å². The fourth-order valence-corrected chi connectivity index (χ4v) is 2.16. The zero-order chi connectivity index (χ0) is 16.5. The van der Waals surface area contributed by atoms with E-state index in [9.17, 15) is 4.79 Å². The molecule has 0 bridgehead atoms. The molecule has 122 valence electrons. The number of nitrogens with one attached hydrogen (secondary N) is 1. The average molecular weight is 313 g/mol. The van der Waals surface area contributed by atoms with Crippen molar-refractivity contribution in [3.8, 4) is 5.75 Å². The molecule has 0 fully saturated rings. The monoisotopic (exact) mass is 313 g/mol. The number of para-hydroxylation sites is 1. The second-order valence-electron chi connectivity index (χ2n) is 5.26. The molecule has 0 atom stereocenters. The maximum Gasteiger partial charge on any atom is 0.286 e. The lowest BCUT2D eigenvalue weighted by Gasteiger charge is -2.08. The van der Waals surface area contributed by atoms with E-state index in [2.05, 4.69) is 18.8 Å². The molecule has 2 aromatic rings. The first-order chi connectivity index (χ1) is 11.2. The summed E-state index contributed by atoms with van der Waals surface area (Å²) in [6.07, 6.45) is 4.59. The number of ether oxygens (including phenoxy) is 1. The summed E-state index contributed by atoms with van der Waals surface area (Å²) >= 11 is 0. The Morgan fingerprint density at radius 3 is 2.91 bits per heavy atom. The summed E-state index contributed by atoms with van der Waals surface area (Å²) in [5, 5.41) is 2.83. The predicted octanol–water partition coefficient (Wildman–Crippen LogP) is 4.12. The lowest BCUT2D eigenvalue weighted by molar-refractivity contribution is 0.0921. The van der Waals surface area contributed by atoms with Crippen molar-refractivity contribution < 1.29 is 13.9 Å². The van der Waals surface area contributed by atoms with Crippen molar-refractivity contribution in [1.29, 1.82) is 0 Å². The van der Waals surface area contributed by atoms with Crippen LogP contribution in [-0.2, 0) is 13.0 Å². The molecule has 23 heavy (non-hydrogen) atoms. The standard InChI is InChI=1S/C19H23NO3/c1-3-5-13-20-19(21)18-12-11-16(23-18)14-22-17-10-7-6-9-15(17)8-4-2/h4,6-7,9-12H,2-3,5,8,13-14H2,1H3,(H,20,21). The quantitative estimate of drug-likeness (QED) is 0.560. The highest BCUT2D eigenvalue weighted by molar-refractivity contribution is 5.91. The van der Waals surface area contributed by atoms with Gasteiger partial charge in [-0.15, -0.1) is 6.58 Å². The van der Waals surface area contributed by atoms with Crippen molar-refractivity contribution in [2.45, 2.75) is 32.8 Å². The van der Waals surface area contributed by atoms with Crippen molar-refractivity contribution in [2.24, 2.45) is 0 Å². The maximum atomic E-state index is 11.9. The first kappa shape index (κ1) is 16.9. The van der Waals surface area contributed by atoms with Crippen molar-refractivity contribution in [3.63, 3.8) is 0 Å². The third-order valence-corrected chi connectivity index (χ3v) is 3.41. The van der Waals surface area contributed by atoms with Crippen LogP contribution in [0, 0.1) is 0 Å². The van der Waals surface area contributed by atoms with Crippen LogP contribution in [0.1, 0.15) is 41.6 Å². The van der Waals surface area contributed by atoms with Gasteiger partial charge >= 0.3 is 0 Å². The fraction of sp³-hybridized carbons (Fsp3) is 0.316. The Labute approximate surface area is 137 Å². The van der Waals surface area contributed by atoms with E-state index < -0.39 is 0 Å². The SMILES string of the molecule is C=CCc1ccccc1OCc1ccc(C(=O)NCCCC)o1.